The molecule has 1 saturated carbocycles. The standard InChI is InChI=1S/C14H27F2NO/c1-11(2)6-13(9-17,10-18)7-12-4-3-5-14(15,16)8-12/h11-12,18H,3-10,17H2,1-2H3. The number of halogens is 2. The Morgan fingerprint density at radius 3 is 2.56 bits per heavy atom. The highest BCUT2D eigenvalue weighted by Crippen LogP contribution is 2.43. The van der Waals surface area contributed by atoms with Gasteiger partial charge >= 0.3 is 0 Å². The Morgan fingerprint density at radius 1 is 1.44 bits per heavy atom. The Hall–Kier alpha value is -0.220. The van der Waals surface area contributed by atoms with Crippen LogP contribution in [0.4, 0.5) is 8.78 Å². The zero-order valence-electron chi connectivity index (χ0n) is 11.6. The Balaban J connectivity index is 2.65. The third kappa shape index (κ3) is 4.47. The smallest absolute Gasteiger partial charge is 0.248 e. The van der Waals surface area contributed by atoms with Crippen LogP contribution in [0.15, 0.2) is 0 Å². The monoisotopic (exact) mass is 263 g/mol. The molecule has 0 bridgehead atoms. The van der Waals surface area contributed by atoms with Crippen molar-refractivity contribution in [3.8, 4) is 0 Å². The van der Waals surface area contributed by atoms with Crippen molar-refractivity contribution in [1.29, 1.82) is 0 Å². The number of alkyl halides is 2. The molecule has 0 aromatic heterocycles. The van der Waals surface area contributed by atoms with Gasteiger partial charge in [-0.15, -0.1) is 0 Å². The summed E-state index contributed by atoms with van der Waals surface area (Å²) in [7, 11) is 0. The van der Waals surface area contributed by atoms with E-state index in [1.54, 1.807) is 0 Å². The average molecular weight is 263 g/mol. The number of hydrogen-bond acceptors (Lipinski definition) is 2. The summed E-state index contributed by atoms with van der Waals surface area (Å²) in [6.07, 6.45) is 2.85. The predicted molar refractivity (Wildman–Crippen MR) is 69.6 cm³/mol. The molecule has 0 saturated heterocycles. The van der Waals surface area contributed by atoms with Gasteiger partial charge in [0.2, 0.25) is 5.92 Å². The van der Waals surface area contributed by atoms with Crippen LogP contribution in [-0.2, 0) is 0 Å². The summed E-state index contributed by atoms with van der Waals surface area (Å²) in [5.74, 6) is -2.09. The number of hydrogen-bond donors (Lipinski definition) is 2. The van der Waals surface area contributed by atoms with Gasteiger partial charge in [-0.3, -0.25) is 0 Å². The van der Waals surface area contributed by atoms with Crippen molar-refractivity contribution in [2.24, 2.45) is 23.0 Å². The molecular formula is C14H27F2NO. The molecule has 0 aliphatic heterocycles. The van der Waals surface area contributed by atoms with Crippen molar-refractivity contribution in [3.63, 3.8) is 0 Å². The van der Waals surface area contributed by atoms with Gasteiger partial charge in [0.15, 0.2) is 0 Å². The Morgan fingerprint density at radius 2 is 2.11 bits per heavy atom. The lowest BCUT2D eigenvalue weighted by molar-refractivity contribution is -0.0632. The first kappa shape index (κ1) is 15.8. The highest BCUT2D eigenvalue weighted by molar-refractivity contribution is 4.87. The van der Waals surface area contributed by atoms with Gasteiger partial charge in [0.05, 0.1) is 0 Å². The summed E-state index contributed by atoms with van der Waals surface area (Å²) < 4.78 is 26.8. The quantitative estimate of drug-likeness (QED) is 0.773. The molecule has 4 heteroatoms. The van der Waals surface area contributed by atoms with Crippen LogP contribution < -0.4 is 5.73 Å². The largest absolute Gasteiger partial charge is 0.396 e. The molecule has 1 aliphatic rings. The summed E-state index contributed by atoms with van der Waals surface area (Å²) in [6, 6.07) is 0. The summed E-state index contributed by atoms with van der Waals surface area (Å²) in [5, 5.41) is 9.62. The van der Waals surface area contributed by atoms with E-state index in [0.29, 0.717) is 25.3 Å². The molecule has 2 atom stereocenters. The predicted octanol–water partition coefficient (Wildman–Crippen LogP) is 3.19. The van der Waals surface area contributed by atoms with E-state index < -0.39 is 5.92 Å². The van der Waals surface area contributed by atoms with Crippen LogP contribution in [0.25, 0.3) is 0 Å². The van der Waals surface area contributed by atoms with Crippen molar-refractivity contribution in [3.05, 3.63) is 0 Å². The molecule has 18 heavy (non-hydrogen) atoms. The summed E-state index contributed by atoms with van der Waals surface area (Å²) in [5.41, 5.74) is 5.44. The Bertz CT molecular complexity index is 252. The number of aliphatic hydroxyl groups excluding tert-OH is 1. The number of aliphatic hydroxyl groups is 1. The van der Waals surface area contributed by atoms with E-state index in [0.717, 1.165) is 12.8 Å². The second kappa shape index (κ2) is 6.29. The van der Waals surface area contributed by atoms with Crippen molar-refractivity contribution < 1.29 is 13.9 Å². The highest BCUT2D eigenvalue weighted by Gasteiger charge is 2.40. The van der Waals surface area contributed by atoms with E-state index >= 15 is 0 Å². The molecule has 0 spiro atoms. The van der Waals surface area contributed by atoms with Crippen LogP contribution in [0.3, 0.4) is 0 Å². The van der Waals surface area contributed by atoms with E-state index in [2.05, 4.69) is 13.8 Å². The van der Waals surface area contributed by atoms with Gasteiger partial charge in [-0.05, 0) is 37.5 Å². The van der Waals surface area contributed by atoms with Crippen LogP contribution in [0.2, 0.25) is 0 Å². The van der Waals surface area contributed by atoms with Crippen LogP contribution in [-0.4, -0.2) is 24.2 Å². The lowest BCUT2D eigenvalue weighted by Gasteiger charge is -2.38. The van der Waals surface area contributed by atoms with Gasteiger partial charge in [0, 0.05) is 31.4 Å². The van der Waals surface area contributed by atoms with Gasteiger partial charge in [0.1, 0.15) is 0 Å². The van der Waals surface area contributed by atoms with Crippen molar-refractivity contribution in [2.45, 2.75) is 58.3 Å². The van der Waals surface area contributed by atoms with E-state index in [1.807, 2.05) is 0 Å². The topological polar surface area (TPSA) is 46.2 Å². The highest BCUT2D eigenvalue weighted by atomic mass is 19.3. The van der Waals surface area contributed by atoms with Gasteiger partial charge in [0.25, 0.3) is 0 Å². The number of rotatable bonds is 6. The van der Waals surface area contributed by atoms with E-state index in [-0.39, 0.29) is 30.8 Å². The van der Waals surface area contributed by atoms with Gasteiger partial charge in [-0.1, -0.05) is 13.8 Å². The Kier molecular flexibility index (Phi) is 5.53. The van der Waals surface area contributed by atoms with Crippen molar-refractivity contribution in [2.75, 3.05) is 13.2 Å². The maximum Gasteiger partial charge on any atom is 0.248 e. The fraction of sp³-hybridized carbons (Fsp3) is 1.00. The second-order valence-corrected chi connectivity index (χ2v) is 6.48. The SMILES string of the molecule is CC(C)CC(CN)(CO)CC1CCCC(F)(F)C1. The molecule has 0 amide bonds. The average Bonchev–Trinajstić information content (AvgIpc) is 2.26. The molecule has 1 rings (SSSR count). The van der Waals surface area contributed by atoms with Gasteiger partial charge in [-0.2, -0.15) is 0 Å². The van der Waals surface area contributed by atoms with Crippen LogP contribution >= 0.6 is 0 Å². The van der Waals surface area contributed by atoms with Crippen molar-refractivity contribution in [1.82, 2.24) is 0 Å². The minimum Gasteiger partial charge on any atom is -0.396 e. The molecular weight excluding hydrogens is 236 g/mol. The molecule has 0 aromatic carbocycles. The first-order valence-electron chi connectivity index (χ1n) is 7.01. The summed E-state index contributed by atoms with van der Waals surface area (Å²) in [6.45, 7) is 4.54. The maximum atomic E-state index is 13.4. The fourth-order valence-corrected chi connectivity index (χ4v) is 3.37. The normalized spacial score (nSPS) is 27.2. The lowest BCUT2D eigenvalue weighted by atomic mass is 9.70. The number of nitrogens with two attached hydrogens (primary N) is 1. The zero-order chi connectivity index (χ0) is 13.8. The van der Waals surface area contributed by atoms with Crippen molar-refractivity contribution >= 4 is 0 Å². The maximum absolute atomic E-state index is 13.4. The molecule has 1 aliphatic carbocycles. The summed E-state index contributed by atoms with van der Waals surface area (Å²) >= 11 is 0. The van der Waals surface area contributed by atoms with Gasteiger partial charge < -0.3 is 10.8 Å². The minimum atomic E-state index is -2.52. The second-order valence-electron chi connectivity index (χ2n) is 6.48. The molecule has 108 valence electrons. The molecule has 0 heterocycles. The van der Waals surface area contributed by atoms with E-state index in [4.69, 9.17) is 5.73 Å². The molecule has 2 nitrogen and oxygen atoms in total. The van der Waals surface area contributed by atoms with Crippen LogP contribution in [0.5, 0.6) is 0 Å². The zero-order valence-corrected chi connectivity index (χ0v) is 11.6. The first-order valence-corrected chi connectivity index (χ1v) is 7.01. The molecule has 0 radical (unpaired) electrons. The van der Waals surface area contributed by atoms with E-state index in [9.17, 15) is 13.9 Å². The lowest BCUT2D eigenvalue weighted by Crippen LogP contribution is -2.39. The summed E-state index contributed by atoms with van der Waals surface area (Å²) in [4.78, 5) is 0. The van der Waals surface area contributed by atoms with Crippen LogP contribution in [0.1, 0.15) is 52.4 Å². The minimum absolute atomic E-state index is 0.00296. The molecule has 1 fully saturated rings. The van der Waals surface area contributed by atoms with Gasteiger partial charge in [-0.25, -0.2) is 8.78 Å². The molecule has 2 unspecified atom stereocenters. The molecule has 3 N–H and O–H groups in total. The molecule has 0 aromatic rings. The van der Waals surface area contributed by atoms with E-state index in [1.165, 1.54) is 0 Å². The Labute approximate surface area is 109 Å². The van der Waals surface area contributed by atoms with Crippen LogP contribution in [0, 0.1) is 17.3 Å². The first-order chi connectivity index (χ1) is 8.32. The third-order valence-corrected chi connectivity index (χ3v) is 4.07. The third-order valence-electron chi connectivity index (χ3n) is 4.07. The fourth-order valence-electron chi connectivity index (χ4n) is 3.37.